The molecule has 1 nitrogen and oxygen atoms in total. The Labute approximate surface area is 128 Å². The lowest BCUT2D eigenvalue weighted by Crippen LogP contribution is -2.19. The van der Waals surface area contributed by atoms with E-state index in [0.29, 0.717) is 0 Å². The molecule has 0 unspecified atom stereocenters. The maximum absolute atomic E-state index is 3.55. The topological polar surface area (TPSA) is 3.24 Å². The molecule has 92 valence electrons. The third kappa shape index (κ3) is 2.10. The molecule has 1 aliphatic heterocycles. The van der Waals surface area contributed by atoms with E-state index in [0.717, 1.165) is 15.5 Å². The quantitative estimate of drug-likeness (QED) is 0.608. The predicted molar refractivity (Wildman–Crippen MR) is 85.1 cm³/mol. The summed E-state index contributed by atoms with van der Waals surface area (Å²) in [4.78, 5) is 4.97. The fourth-order valence-corrected chi connectivity index (χ4v) is 4.37. The van der Waals surface area contributed by atoms with E-state index in [1.807, 2.05) is 11.8 Å². The minimum atomic E-state index is 0.976. The van der Waals surface area contributed by atoms with Gasteiger partial charge in [0, 0.05) is 25.3 Å². The van der Waals surface area contributed by atoms with Gasteiger partial charge in [-0.3, -0.25) is 0 Å². The van der Waals surface area contributed by atoms with Crippen molar-refractivity contribution in [1.29, 1.82) is 0 Å². The Bertz CT molecular complexity index is 561. The van der Waals surface area contributed by atoms with E-state index in [9.17, 15) is 0 Å². The highest BCUT2D eigenvalue weighted by atomic mass is 79.9. The van der Waals surface area contributed by atoms with Gasteiger partial charge in [-0.05, 0) is 43.3 Å². The Balaban J connectivity index is 2.18. The molecule has 0 aliphatic carbocycles. The molecule has 18 heavy (non-hydrogen) atoms. The molecule has 0 aromatic heterocycles. The molecule has 3 rings (SSSR count). The first-order valence-corrected chi connectivity index (χ1v) is 8.14. The van der Waals surface area contributed by atoms with E-state index in [4.69, 9.17) is 0 Å². The van der Waals surface area contributed by atoms with E-state index < -0.39 is 0 Å². The third-order valence-electron chi connectivity index (χ3n) is 2.96. The van der Waals surface area contributed by atoms with Gasteiger partial charge in [-0.2, -0.15) is 0 Å². The van der Waals surface area contributed by atoms with E-state index in [2.05, 4.69) is 80.1 Å². The van der Waals surface area contributed by atoms with Crippen LogP contribution in [-0.2, 0) is 0 Å². The number of hydrogen-bond donors (Lipinski definition) is 0. The van der Waals surface area contributed by atoms with E-state index in [1.54, 1.807) is 0 Å². The van der Waals surface area contributed by atoms with Crippen LogP contribution in [0.15, 0.2) is 55.1 Å². The lowest BCUT2D eigenvalue weighted by molar-refractivity contribution is 0.977. The fourth-order valence-electron chi connectivity index (χ4n) is 2.17. The number of halogens is 2. The molecule has 0 radical (unpaired) electrons. The van der Waals surface area contributed by atoms with Crippen molar-refractivity contribution in [3.63, 3.8) is 0 Å². The zero-order valence-electron chi connectivity index (χ0n) is 9.78. The van der Waals surface area contributed by atoms with Crippen molar-refractivity contribution in [2.75, 3.05) is 11.4 Å². The minimum absolute atomic E-state index is 0.976. The second kappa shape index (κ2) is 4.91. The van der Waals surface area contributed by atoms with Gasteiger partial charge in [0.05, 0.1) is 11.4 Å². The smallest absolute Gasteiger partial charge is 0.0553 e. The average Bonchev–Trinajstić information content (AvgIpc) is 2.35. The molecule has 0 saturated heterocycles. The highest BCUT2D eigenvalue weighted by molar-refractivity contribution is 9.10. The van der Waals surface area contributed by atoms with Gasteiger partial charge in [-0.25, -0.2) is 0 Å². The van der Waals surface area contributed by atoms with Gasteiger partial charge >= 0.3 is 0 Å². The van der Waals surface area contributed by atoms with Crippen LogP contribution in [0.5, 0.6) is 0 Å². The number of fused-ring (bicyclic) bond motifs is 2. The Hall–Kier alpha value is -0.450. The summed E-state index contributed by atoms with van der Waals surface area (Å²) in [6, 6.07) is 12.9. The van der Waals surface area contributed by atoms with Crippen molar-refractivity contribution < 1.29 is 0 Å². The van der Waals surface area contributed by atoms with E-state index >= 15 is 0 Å². The SMILES string of the molecule is CCN1c2ccc(Br)cc2Sc2cc(Br)ccc21. The van der Waals surface area contributed by atoms with Gasteiger partial charge in [0.25, 0.3) is 0 Å². The summed E-state index contributed by atoms with van der Waals surface area (Å²) < 4.78 is 2.26. The predicted octanol–water partition coefficient (Wildman–Crippen LogP) is 5.83. The van der Waals surface area contributed by atoms with Gasteiger partial charge in [-0.15, -0.1) is 0 Å². The van der Waals surface area contributed by atoms with Crippen LogP contribution in [-0.4, -0.2) is 6.54 Å². The number of anilines is 2. The molecule has 0 fully saturated rings. The highest BCUT2D eigenvalue weighted by Crippen LogP contribution is 2.49. The maximum Gasteiger partial charge on any atom is 0.0553 e. The van der Waals surface area contributed by atoms with Crippen LogP contribution < -0.4 is 4.90 Å². The van der Waals surface area contributed by atoms with Crippen LogP contribution in [0.2, 0.25) is 0 Å². The van der Waals surface area contributed by atoms with Crippen molar-refractivity contribution in [3.8, 4) is 0 Å². The summed E-state index contributed by atoms with van der Waals surface area (Å²) in [6.45, 7) is 3.16. The minimum Gasteiger partial charge on any atom is -0.340 e. The molecular weight excluding hydrogens is 374 g/mol. The number of rotatable bonds is 1. The Kier molecular flexibility index (Phi) is 3.43. The average molecular weight is 385 g/mol. The van der Waals surface area contributed by atoms with E-state index in [-0.39, 0.29) is 0 Å². The van der Waals surface area contributed by atoms with Crippen LogP contribution in [0.3, 0.4) is 0 Å². The summed E-state index contributed by atoms with van der Waals surface area (Å²) in [6.07, 6.45) is 0. The molecule has 0 amide bonds. The normalized spacial score (nSPS) is 13.2. The zero-order valence-corrected chi connectivity index (χ0v) is 13.8. The van der Waals surface area contributed by atoms with Crippen molar-refractivity contribution >= 4 is 55.0 Å². The standard InChI is InChI=1S/C14H11Br2NS/c1-2-17-11-5-3-9(15)7-13(11)18-14-8-10(16)4-6-12(14)17/h3-8H,2H2,1H3. The molecule has 2 aromatic carbocycles. The van der Waals surface area contributed by atoms with Gasteiger partial charge < -0.3 is 4.90 Å². The van der Waals surface area contributed by atoms with Gasteiger partial charge in [0.1, 0.15) is 0 Å². The molecular formula is C14H11Br2NS. The Morgan fingerprint density at radius 2 is 1.44 bits per heavy atom. The molecule has 0 saturated carbocycles. The maximum atomic E-state index is 3.55. The van der Waals surface area contributed by atoms with Gasteiger partial charge in [0.15, 0.2) is 0 Å². The number of nitrogens with zero attached hydrogens (tertiary/aromatic N) is 1. The molecule has 0 spiro atoms. The molecule has 0 atom stereocenters. The molecule has 1 aliphatic rings. The molecule has 1 heterocycles. The summed E-state index contributed by atoms with van der Waals surface area (Å²) in [7, 11) is 0. The Morgan fingerprint density at radius 1 is 0.944 bits per heavy atom. The van der Waals surface area contributed by atoms with Crippen LogP contribution in [0.1, 0.15) is 6.92 Å². The first-order valence-electron chi connectivity index (χ1n) is 5.73. The number of hydrogen-bond acceptors (Lipinski definition) is 2. The Morgan fingerprint density at radius 3 is 1.89 bits per heavy atom. The molecule has 0 N–H and O–H groups in total. The van der Waals surface area contributed by atoms with Crippen molar-refractivity contribution in [2.24, 2.45) is 0 Å². The van der Waals surface area contributed by atoms with Crippen molar-refractivity contribution in [1.82, 2.24) is 0 Å². The first kappa shape index (κ1) is 12.6. The van der Waals surface area contributed by atoms with Crippen LogP contribution in [0, 0.1) is 0 Å². The monoisotopic (exact) mass is 383 g/mol. The third-order valence-corrected chi connectivity index (χ3v) is 5.04. The summed E-state index contributed by atoms with van der Waals surface area (Å²) >= 11 is 8.92. The van der Waals surface area contributed by atoms with Crippen LogP contribution in [0.25, 0.3) is 0 Å². The lowest BCUT2D eigenvalue weighted by Gasteiger charge is -2.32. The second-order valence-corrected chi connectivity index (χ2v) is 6.99. The van der Waals surface area contributed by atoms with Crippen molar-refractivity contribution in [3.05, 3.63) is 45.3 Å². The fraction of sp³-hybridized carbons (Fsp3) is 0.143. The molecule has 0 bridgehead atoms. The largest absolute Gasteiger partial charge is 0.340 e. The van der Waals surface area contributed by atoms with Crippen LogP contribution in [0.4, 0.5) is 11.4 Å². The van der Waals surface area contributed by atoms with E-state index in [1.165, 1.54) is 21.2 Å². The molecule has 2 aromatic rings. The first-order chi connectivity index (χ1) is 8.69. The number of benzene rings is 2. The zero-order chi connectivity index (χ0) is 12.7. The highest BCUT2D eigenvalue weighted by Gasteiger charge is 2.22. The lowest BCUT2D eigenvalue weighted by atomic mass is 10.2. The van der Waals surface area contributed by atoms with Crippen molar-refractivity contribution in [2.45, 2.75) is 16.7 Å². The van der Waals surface area contributed by atoms with Gasteiger partial charge in [-0.1, -0.05) is 43.6 Å². The summed E-state index contributed by atoms with van der Waals surface area (Å²) in [5.74, 6) is 0. The van der Waals surface area contributed by atoms with Crippen LogP contribution >= 0.6 is 43.6 Å². The van der Waals surface area contributed by atoms with Gasteiger partial charge in [0.2, 0.25) is 0 Å². The summed E-state index contributed by atoms with van der Waals surface area (Å²) in [5, 5.41) is 0. The second-order valence-electron chi connectivity index (χ2n) is 4.07. The molecule has 4 heteroatoms. The summed E-state index contributed by atoms with van der Waals surface area (Å²) in [5.41, 5.74) is 2.58.